The van der Waals surface area contributed by atoms with Gasteiger partial charge in [-0.2, -0.15) is 5.26 Å². The molecular formula is C19H17N3O5. The van der Waals surface area contributed by atoms with Gasteiger partial charge in [-0.1, -0.05) is 0 Å². The average Bonchev–Trinajstić information content (AvgIpc) is 2.91. The van der Waals surface area contributed by atoms with E-state index < -0.39 is 17.8 Å². The van der Waals surface area contributed by atoms with E-state index in [0.717, 1.165) is 6.07 Å². The third-order valence-corrected chi connectivity index (χ3v) is 4.03. The smallest absolute Gasteiger partial charge is 0.335 e. The van der Waals surface area contributed by atoms with Gasteiger partial charge in [0.1, 0.15) is 11.6 Å². The number of aryl methyl sites for hydroxylation is 1. The van der Waals surface area contributed by atoms with Crippen LogP contribution in [0.2, 0.25) is 0 Å². The van der Waals surface area contributed by atoms with Gasteiger partial charge in [-0.25, -0.2) is 9.59 Å². The zero-order chi connectivity index (χ0) is 20.3. The summed E-state index contributed by atoms with van der Waals surface area (Å²) < 4.78 is 1.67. The molecule has 0 atom stereocenters. The number of hydrogen-bond acceptors (Lipinski definition) is 4. The SMILES string of the molecule is CNC(=O)/C(C#N)=C/c1cc(C)n(-c2cc(C(=O)O)cc(C(=O)O)c2)c1C. The summed E-state index contributed by atoms with van der Waals surface area (Å²) in [5, 5.41) is 30.0. The Hall–Kier alpha value is -3.86. The molecule has 0 bridgehead atoms. The lowest BCUT2D eigenvalue weighted by molar-refractivity contribution is -0.116. The maximum atomic E-state index is 11.7. The van der Waals surface area contributed by atoms with Gasteiger partial charge in [0.2, 0.25) is 0 Å². The maximum Gasteiger partial charge on any atom is 0.335 e. The summed E-state index contributed by atoms with van der Waals surface area (Å²) in [5.74, 6) is -3.01. The predicted molar refractivity (Wildman–Crippen MR) is 96.8 cm³/mol. The van der Waals surface area contributed by atoms with Gasteiger partial charge in [0.05, 0.1) is 11.1 Å². The van der Waals surface area contributed by atoms with E-state index in [1.165, 1.54) is 25.3 Å². The predicted octanol–water partition coefficient (Wildman–Crippen LogP) is 2.14. The molecule has 1 amide bonds. The van der Waals surface area contributed by atoms with Crippen LogP contribution in [0.3, 0.4) is 0 Å². The molecule has 3 N–H and O–H groups in total. The number of aromatic carboxylic acids is 2. The second-order valence-corrected chi connectivity index (χ2v) is 5.79. The van der Waals surface area contributed by atoms with Gasteiger partial charge < -0.3 is 20.1 Å². The summed E-state index contributed by atoms with van der Waals surface area (Å²) in [5.41, 5.74) is 1.87. The Labute approximate surface area is 155 Å². The molecule has 0 fully saturated rings. The third kappa shape index (κ3) is 3.88. The number of nitrogens with zero attached hydrogens (tertiary/aromatic N) is 2. The van der Waals surface area contributed by atoms with E-state index in [9.17, 15) is 24.6 Å². The van der Waals surface area contributed by atoms with Crippen LogP contribution in [0, 0.1) is 25.2 Å². The third-order valence-electron chi connectivity index (χ3n) is 4.03. The van der Waals surface area contributed by atoms with Crippen LogP contribution in [0.1, 0.15) is 37.7 Å². The van der Waals surface area contributed by atoms with Gasteiger partial charge >= 0.3 is 11.9 Å². The largest absolute Gasteiger partial charge is 0.478 e. The fourth-order valence-electron chi connectivity index (χ4n) is 2.76. The van der Waals surface area contributed by atoms with Crippen LogP contribution >= 0.6 is 0 Å². The number of aromatic nitrogens is 1. The molecule has 0 aliphatic heterocycles. The first-order valence-electron chi connectivity index (χ1n) is 7.84. The van der Waals surface area contributed by atoms with Crippen LogP contribution in [0.15, 0.2) is 29.8 Å². The number of rotatable bonds is 5. The maximum absolute atomic E-state index is 11.7. The van der Waals surface area contributed by atoms with Gasteiger partial charge in [-0.3, -0.25) is 4.79 Å². The number of hydrogen-bond donors (Lipinski definition) is 3. The van der Waals surface area contributed by atoms with E-state index in [0.29, 0.717) is 22.6 Å². The molecule has 0 aliphatic carbocycles. The van der Waals surface area contributed by atoms with Crippen molar-refractivity contribution in [3.05, 3.63) is 57.9 Å². The zero-order valence-corrected chi connectivity index (χ0v) is 14.9. The van der Waals surface area contributed by atoms with E-state index >= 15 is 0 Å². The highest BCUT2D eigenvalue weighted by Gasteiger charge is 2.17. The van der Waals surface area contributed by atoms with Gasteiger partial charge in [-0.15, -0.1) is 0 Å². The zero-order valence-electron chi connectivity index (χ0n) is 14.9. The number of carbonyl (C=O) groups excluding carboxylic acids is 1. The number of carbonyl (C=O) groups is 3. The van der Waals surface area contributed by atoms with E-state index in [-0.39, 0.29) is 16.7 Å². The topological polar surface area (TPSA) is 132 Å². The Bertz CT molecular complexity index is 992. The lowest BCUT2D eigenvalue weighted by Gasteiger charge is -2.12. The first-order valence-corrected chi connectivity index (χ1v) is 7.84. The van der Waals surface area contributed by atoms with E-state index in [4.69, 9.17) is 5.26 Å². The molecular weight excluding hydrogens is 350 g/mol. The molecule has 8 nitrogen and oxygen atoms in total. The summed E-state index contributed by atoms with van der Waals surface area (Å²) in [6.07, 6.45) is 1.43. The molecule has 0 radical (unpaired) electrons. The van der Waals surface area contributed by atoms with Gasteiger partial charge in [0.15, 0.2) is 0 Å². The minimum atomic E-state index is -1.24. The lowest BCUT2D eigenvalue weighted by Crippen LogP contribution is -2.19. The number of benzene rings is 1. The molecule has 0 saturated carbocycles. The van der Waals surface area contributed by atoms with Crippen molar-refractivity contribution in [3.8, 4) is 11.8 Å². The number of nitriles is 1. The second kappa shape index (κ2) is 7.58. The number of carboxylic acid groups (broad SMARTS) is 2. The first-order chi connectivity index (χ1) is 12.7. The highest BCUT2D eigenvalue weighted by atomic mass is 16.4. The summed E-state index contributed by atoms with van der Waals surface area (Å²) in [4.78, 5) is 34.4. The highest BCUT2D eigenvalue weighted by Crippen LogP contribution is 2.25. The van der Waals surface area contributed by atoms with Crippen LogP contribution in [0.5, 0.6) is 0 Å². The number of nitrogens with one attached hydrogen (secondary N) is 1. The van der Waals surface area contributed by atoms with Crippen LogP contribution in [-0.2, 0) is 4.79 Å². The molecule has 138 valence electrons. The summed E-state index contributed by atoms with van der Waals surface area (Å²) in [7, 11) is 1.42. The Morgan fingerprint density at radius 2 is 1.63 bits per heavy atom. The highest BCUT2D eigenvalue weighted by molar-refractivity contribution is 6.01. The van der Waals surface area contributed by atoms with Crippen molar-refractivity contribution in [2.75, 3.05) is 7.05 Å². The average molecular weight is 367 g/mol. The molecule has 0 spiro atoms. The minimum absolute atomic E-state index is 0.0803. The quantitative estimate of drug-likeness (QED) is 0.548. The molecule has 1 heterocycles. The van der Waals surface area contributed by atoms with Gasteiger partial charge in [-0.05, 0) is 49.8 Å². The van der Waals surface area contributed by atoms with Crippen molar-refractivity contribution in [3.63, 3.8) is 0 Å². The fourth-order valence-corrected chi connectivity index (χ4v) is 2.76. The van der Waals surface area contributed by atoms with Crippen LogP contribution in [-0.4, -0.2) is 39.7 Å². The van der Waals surface area contributed by atoms with Crippen molar-refractivity contribution in [2.45, 2.75) is 13.8 Å². The summed E-state index contributed by atoms with van der Waals surface area (Å²) >= 11 is 0. The second-order valence-electron chi connectivity index (χ2n) is 5.79. The molecule has 0 saturated heterocycles. The van der Waals surface area contributed by atoms with E-state index in [1.807, 2.05) is 6.07 Å². The lowest BCUT2D eigenvalue weighted by atomic mass is 10.1. The first kappa shape index (κ1) is 19.5. The Kier molecular flexibility index (Phi) is 5.46. The van der Waals surface area contributed by atoms with Crippen LogP contribution in [0.4, 0.5) is 0 Å². The van der Waals surface area contributed by atoms with Crippen molar-refractivity contribution in [1.82, 2.24) is 9.88 Å². The number of carboxylic acids is 2. The molecule has 1 aromatic carbocycles. The molecule has 0 unspecified atom stereocenters. The van der Waals surface area contributed by atoms with Crippen molar-refractivity contribution in [2.24, 2.45) is 0 Å². The standard InChI is InChI=1S/C19H17N3O5/c1-10-4-12(5-15(9-20)17(23)21-3)11(2)22(10)16-7-13(18(24)25)6-14(8-16)19(26)27/h4-8H,1-3H3,(H,21,23)(H,24,25)(H,26,27)/b15-5+. The minimum Gasteiger partial charge on any atom is -0.478 e. The van der Waals surface area contributed by atoms with E-state index in [2.05, 4.69) is 5.32 Å². The molecule has 8 heteroatoms. The monoisotopic (exact) mass is 367 g/mol. The van der Waals surface area contributed by atoms with Gasteiger partial charge in [0.25, 0.3) is 5.91 Å². The number of amides is 1. The Morgan fingerprint density at radius 1 is 1.07 bits per heavy atom. The van der Waals surface area contributed by atoms with Gasteiger partial charge in [0, 0.05) is 24.1 Å². The van der Waals surface area contributed by atoms with Crippen molar-refractivity contribution < 1.29 is 24.6 Å². The molecule has 0 aliphatic rings. The molecule has 1 aromatic heterocycles. The van der Waals surface area contributed by atoms with Crippen LogP contribution < -0.4 is 5.32 Å². The molecule has 2 aromatic rings. The fraction of sp³-hybridized carbons (Fsp3) is 0.158. The Morgan fingerprint density at radius 3 is 2.07 bits per heavy atom. The van der Waals surface area contributed by atoms with Crippen molar-refractivity contribution >= 4 is 23.9 Å². The molecule has 2 rings (SSSR count). The number of likely N-dealkylation sites (N-methyl/N-ethyl adjacent to an activating group) is 1. The Balaban J connectivity index is 2.69. The normalized spacial score (nSPS) is 11.0. The summed E-state index contributed by atoms with van der Waals surface area (Å²) in [6.45, 7) is 3.48. The van der Waals surface area contributed by atoms with Crippen LogP contribution in [0.25, 0.3) is 11.8 Å². The van der Waals surface area contributed by atoms with Crippen molar-refractivity contribution in [1.29, 1.82) is 5.26 Å². The summed E-state index contributed by atoms with van der Waals surface area (Å²) in [6, 6.07) is 7.38. The van der Waals surface area contributed by atoms with E-state index in [1.54, 1.807) is 24.5 Å². The molecule has 27 heavy (non-hydrogen) atoms.